The standard InChI is InChI=1S/C11H7F4N3O/c1-6-4-7(12)2-3-9(6)18-5-8(16-17-18)10(19)11(13,14)15/h2-5H,1H3. The van der Waals surface area contributed by atoms with Gasteiger partial charge in [0.1, 0.15) is 5.82 Å². The molecule has 0 bridgehead atoms. The Balaban J connectivity index is 2.39. The van der Waals surface area contributed by atoms with E-state index >= 15 is 0 Å². The lowest BCUT2D eigenvalue weighted by atomic mass is 10.2. The summed E-state index contributed by atoms with van der Waals surface area (Å²) in [4.78, 5) is 10.9. The Labute approximate surface area is 104 Å². The first kappa shape index (κ1) is 13.2. The molecule has 0 aliphatic rings. The zero-order chi connectivity index (χ0) is 14.2. The Morgan fingerprint density at radius 1 is 1.32 bits per heavy atom. The summed E-state index contributed by atoms with van der Waals surface area (Å²) in [5, 5.41) is 6.61. The Hall–Kier alpha value is -2.25. The quantitative estimate of drug-likeness (QED) is 0.623. The number of ketones is 1. The Morgan fingerprint density at radius 3 is 2.58 bits per heavy atom. The molecule has 0 N–H and O–H groups in total. The molecule has 1 aromatic heterocycles. The molecular formula is C11H7F4N3O. The van der Waals surface area contributed by atoms with Crippen LogP contribution in [-0.2, 0) is 0 Å². The van der Waals surface area contributed by atoms with Gasteiger partial charge >= 0.3 is 6.18 Å². The number of nitrogens with zero attached hydrogens (tertiary/aromatic N) is 3. The van der Waals surface area contributed by atoms with Crippen LogP contribution in [0.15, 0.2) is 24.4 Å². The molecule has 100 valence electrons. The van der Waals surface area contributed by atoms with Crippen molar-refractivity contribution in [2.75, 3.05) is 0 Å². The second-order valence-corrected chi connectivity index (χ2v) is 3.81. The van der Waals surface area contributed by atoms with E-state index in [1.165, 1.54) is 12.1 Å². The summed E-state index contributed by atoms with van der Waals surface area (Å²) in [5.74, 6) is -2.55. The van der Waals surface area contributed by atoms with E-state index in [0.717, 1.165) is 16.9 Å². The van der Waals surface area contributed by atoms with Crippen molar-refractivity contribution in [3.05, 3.63) is 41.5 Å². The average Bonchev–Trinajstić information content (AvgIpc) is 2.75. The second kappa shape index (κ2) is 4.45. The van der Waals surface area contributed by atoms with Crippen LogP contribution in [0.5, 0.6) is 0 Å². The van der Waals surface area contributed by atoms with E-state index in [-0.39, 0.29) is 0 Å². The maximum absolute atomic E-state index is 12.9. The molecule has 0 atom stereocenters. The highest BCUT2D eigenvalue weighted by Gasteiger charge is 2.41. The van der Waals surface area contributed by atoms with Gasteiger partial charge in [-0.1, -0.05) is 5.21 Å². The minimum absolute atomic E-state index is 0.343. The highest BCUT2D eigenvalue weighted by Crippen LogP contribution is 2.21. The largest absolute Gasteiger partial charge is 0.456 e. The summed E-state index contributed by atoms with van der Waals surface area (Å²) in [5.41, 5.74) is -0.0118. The molecule has 1 aromatic carbocycles. The fraction of sp³-hybridized carbons (Fsp3) is 0.182. The summed E-state index contributed by atoms with van der Waals surface area (Å²) in [6.45, 7) is 1.56. The van der Waals surface area contributed by atoms with Crippen LogP contribution in [0.4, 0.5) is 17.6 Å². The molecule has 2 aromatic rings. The zero-order valence-corrected chi connectivity index (χ0v) is 9.57. The Morgan fingerprint density at radius 2 is 2.00 bits per heavy atom. The lowest BCUT2D eigenvalue weighted by Gasteiger charge is -2.04. The van der Waals surface area contributed by atoms with Crippen LogP contribution in [0.1, 0.15) is 16.1 Å². The molecule has 19 heavy (non-hydrogen) atoms. The fourth-order valence-electron chi connectivity index (χ4n) is 1.51. The minimum atomic E-state index is -5.00. The third-order valence-electron chi connectivity index (χ3n) is 2.39. The number of benzene rings is 1. The minimum Gasteiger partial charge on any atom is -0.282 e. The van der Waals surface area contributed by atoms with Crippen molar-refractivity contribution in [1.29, 1.82) is 0 Å². The van der Waals surface area contributed by atoms with E-state index < -0.39 is 23.5 Å². The number of halogens is 4. The fourth-order valence-corrected chi connectivity index (χ4v) is 1.51. The van der Waals surface area contributed by atoms with Crippen LogP contribution < -0.4 is 0 Å². The van der Waals surface area contributed by atoms with Gasteiger partial charge in [0.2, 0.25) is 0 Å². The van der Waals surface area contributed by atoms with Gasteiger partial charge in [-0.2, -0.15) is 13.2 Å². The number of hydrogen-bond donors (Lipinski definition) is 0. The van der Waals surface area contributed by atoms with Crippen molar-refractivity contribution >= 4 is 5.78 Å². The summed E-state index contributed by atoms with van der Waals surface area (Å²) >= 11 is 0. The van der Waals surface area contributed by atoms with E-state index in [1.54, 1.807) is 6.92 Å². The molecule has 0 saturated heterocycles. The molecule has 0 spiro atoms. The summed E-state index contributed by atoms with van der Waals surface area (Å²) in [6.07, 6.45) is -4.14. The molecule has 0 unspecified atom stereocenters. The number of aromatic nitrogens is 3. The molecule has 0 aliphatic carbocycles. The lowest BCUT2D eigenvalue weighted by molar-refractivity contribution is -0.0888. The second-order valence-electron chi connectivity index (χ2n) is 3.81. The molecule has 4 nitrogen and oxygen atoms in total. The molecule has 2 rings (SSSR count). The number of Topliss-reactive ketones (excluding diaryl/α,β-unsaturated/α-hetero) is 1. The van der Waals surface area contributed by atoms with E-state index in [2.05, 4.69) is 10.3 Å². The predicted molar refractivity (Wildman–Crippen MR) is 56.4 cm³/mol. The maximum atomic E-state index is 12.9. The zero-order valence-electron chi connectivity index (χ0n) is 9.57. The number of rotatable bonds is 2. The molecule has 0 aliphatic heterocycles. The number of aryl methyl sites for hydroxylation is 1. The Bertz CT molecular complexity index is 633. The van der Waals surface area contributed by atoms with Crippen molar-refractivity contribution in [3.8, 4) is 5.69 Å². The van der Waals surface area contributed by atoms with Crippen LogP contribution in [0.25, 0.3) is 5.69 Å². The number of carbonyl (C=O) groups excluding carboxylic acids is 1. The number of alkyl halides is 3. The molecule has 8 heteroatoms. The van der Waals surface area contributed by atoms with Gasteiger partial charge in [0.15, 0.2) is 5.69 Å². The van der Waals surface area contributed by atoms with Gasteiger partial charge < -0.3 is 0 Å². The maximum Gasteiger partial charge on any atom is 0.456 e. The van der Waals surface area contributed by atoms with E-state index in [9.17, 15) is 22.4 Å². The van der Waals surface area contributed by atoms with Crippen molar-refractivity contribution < 1.29 is 22.4 Å². The molecular weight excluding hydrogens is 266 g/mol. The topological polar surface area (TPSA) is 47.8 Å². The van der Waals surface area contributed by atoms with Gasteiger partial charge in [-0.25, -0.2) is 9.07 Å². The molecule has 0 radical (unpaired) electrons. The normalized spacial score (nSPS) is 11.6. The first-order valence-electron chi connectivity index (χ1n) is 5.09. The lowest BCUT2D eigenvalue weighted by Crippen LogP contribution is -2.23. The number of carbonyl (C=O) groups is 1. The Kier molecular flexibility index (Phi) is 3.09. The van der Waals surface area contributed by atoms with Gasteiger partial charge in [0, 0.05) is 0 Å². The summed E-state index contributed by atoms with van der Waals surface area (Å²) in [6, 6.07) is 3.67. The van der Waals surface area contributed by atoms with Gasteiger partial charge in [-0.15, -0.1) is 5.10 Å². The molecule has 0 fully saturated rings. The van der Waals surface area contributed by atoms with Crippen molar-refractivity contribution in [1.82, 2.24) is 15.0 Å². The van der Waals surface area contributed by atoms with Crippen LogP contribution >= 0.6 is 0 Å². The van der Waals surface area contributed by atoms with Crippen molar-refractivity contribution in [2.24, 2.45) is 0 Å². The van der Waals surface area contributed by atoms with Crippen LogP contribution in [0.2, 0.25) is 0 Å². The number of hydrogen-bond acceptors (Lipinski definition) is 3. The van der Waals surface area contributed by atoms with Crippen LogP contribution in [0.3, 0.4) is 0 Å². The van der Waals surface area contributed by atoms with Crippen molar-refractivity contribution in [2.45, 2.75) is 13.1 Å². The third kappa shape index (κ3) is 2.61. The first-order chi connectivity index (χ1) is 8.79. The average molecular weight is 273 g/mol. The SMILES string of the molecule is Cc1cc(F)ccc1-n1cc(C(=O)C(F)(F)F)nn1. The highest BCUT2D eigenvalue weighted by molar-refractivity contribution is 5.98. The molecule has 1 heterocycles. The van der Waals surface area contributed by atoms with Gasteiger partial charge in [-0.3, -0.25) is 4.79 Å². The summed E-state index contributed by atoms with van der Waals surface area (Å²) in [7, 11) is 0. The summed E-state index contributed by atoms with van der Waals surface area (Å²) < 4.78 is 50.5. The first-order valence-corrected chi connectivity index (χ1v) is 5.09. The smallest absolute Gasteiger partial charge is 0.282 e. The van der Waals surface area contributed by atoms with Crippen LogP contribution in [-0.4, -0.2) is 27.0 Å². The van der Waals surface area contributed by atoms with E-state index in [1.807, 2.05) is 0 Å². The van der Waals surface area contributed by atoms with Crippen LogP contribution in [0, 0.1) is 12.7 Å². The van der Waals surface area contributed by atoms with Gasteiger partial charge in [0.25, 0.3) is 5.78 Å². The molecule has 0 amide bonds. The van der Waals surface area contributed by atoms with Gasteiger partial charge in [-0.05, 0) is 30.7 Å². The van der Waals surface area contributed by atoms with Crippen molar-refractivity contribution in [3.63, 3.8) is 0 Å². The van der Waals surface area contributed by atoms with E-state index in [0.29, 0.717) is 11.3 Å². The highest BCUT2D eigenvalue weighted by atomic mass is 19.4. The van der Waals surface area contributed by atoms with Gasteiger partial charge in [0.05, 0.1) is 11.9 Å². The van der Waals surface area contributed by atoms with E-state index in [4.69, 9.17) is 0 Å². The molecule has 0 saturated carbocycles. The monoisotopic (exact) mass is 273 g/mol. The predicted octanol–water partition coefficient (Wildman–Crippen LogP) is 2.46. The third-order valence-corrected chi connectivity index (χ3v) is 2.39.